The molecule has 3 heteroatoms. The summed E-state index contributed by atoms with van der Waals surface area (Å²) >= 11 is 1.71. The van der Waals surface area contributed by atoms with Gasteiger partial charge in [0.1, 0.15) is 5.78 Å². The Labute approximate surface area is 106 Å². The predicted octanol–water partition coefficient (Wildman–Crippen LogP) is 2.87. The number of carbonyl (C=O) groups excluding carboxylic acids is 1. The lowest BCUT2D eigenvalue weighted by Gasteiger charge is -2.08. The molecule has 0 aliphatic heterocycles. The fraction of sp³-hybridized carbons (Fsp3) is 0.357. The smallest absolute Gasteiger partial charge is 0.141 e. The molecule has 1 aromatic carbocycles. The number of benzene rings is 1. The summed E-state index contributed by atoms with van der Waals surface area (Å²) in [5.41, 5.74) is 1.17. The van der Waals surface area contributed by atoms with Gasteiger partial charge in [0.05, 0.1) is 0 Å². The van der Waals surface area contributed by atoms with Crippen molar-refractivity contribution in [2.24, 2.45) is 5.92 Å². The number of ketones is 1. The van der Waals surface area contributed by atoms with Crippen molar-refractivity contribution in [3.8, 4) is 0 Å². The van der Waals surface area contributed by atoms with Gasteiger partial charge in [0.2, 0.25) is 0 Å². The van der Waals surface area contributed by atoms with E-state index in [1.54, 1.807) is 11.3 Å². The lowest BCUT2D eigenvalue weighted by Crippen LogP contribution is -2.24. The van der Waals surface area contributed by atoms with E-state index in [4.69, 9.17) is 0 Å². The van der Waals surface area contributed by atoms with Crippen molar-refractivity contribution < 1.29 is 4.79 Å². The SMILES string of the molecule is CNCC(C)C(=O)Cc1csc2ccccc12. The van der Waals surface area contributed by atoms with Gasteiger partial charge in [0.15, 0.2) is 0 Å². The van der Waals surface area contributed by atoms with Crippen molar-refractivity contribution in [2.45, 2.75) is 13.3 Å². The van der Waals surface area contributed by atoms with Gasteiger partial charge < -0.3 is 5.32 Å². The summed E-state index contributed by atoms with van der Waals surface area (Å²) in [6, 6.07) is 8.26. The monoisotopic (exact) mass is 247 g/mol. The molecule has 90 valence electrons. The van der Waals surface area contributed by atoms with Crippen LogP contribution in [0.15, 0.2) is 29.6 Å². The number of fused-ring (bicyclic) bond motifs is 1. The molecular weight excluding hydrogens is 230 g/mol. The number of hydrogen-bond donors (Lipinski definition) is 1. The van der Waals surface area contributed by atoms with Crippen LogP contribution in [0.2, 0.25) is 0 Å². The Kier molecular flexibility index (Phi) is 3.92. The highest BCUT2D eigenvalue weighted by molar-refractivity contribution is 7.17. The van der Waals surface area contributed by atoms with E-state index in [-0.39, 0.29) is 5.92 Å². The quantitative estimate of drug-likeness (QED) is 0.880. The normalized spacial score (nSPS) is 12.8. The highest BCUT2D eigenvalue weighted by Gasteiger charge is 2.14. The van der Waals surface area contributed by atoms with Gasteiger partial charge in [-0.25, -0.2) is 0 Å². The number of nitrogens with one attached hydrogen (secondary N) is 1. The second-order valence-electron chi connectivity index (χ2n) is 4.36. The van der Waals surface area contributed by atoms with E-state index in [2.05, 4.69) is 22.8 Å². The lowest BCUT2D eigenvalue weighted by molar-refractivity contribution is -0.121. The number of rotatable bonds is 5. The maximum Gasteiger partial charge on any atom is 0.141 e. The van der Waals surface area contributed by atoms with Crippen LogP contribution in [0.1, 0.15) is 12.5 Å². The molecule has 0 saturated carbocycles. The van der Waals surface area contributed by atoms with Gasteiger partial charge in [-0.3, -0.25) is 4.79 Å². The van der Waals surface area contributed by atoms with Gasteiger partial charge >= 0.3 is 0 Å². The molecule has 1 atom stereocenters. The van der Waals surface area contributed by atoms with E-state index < -0.39 is 0 Å². The maximum absolute atomic E-state index is 12.0. The molecule has 0 spiro atoms. The molecule has 2 nitrogen and oxygen atoms in total. The first-order valence-electron chi connectivity index (χ1n) is 5.84. The topological polar surface area (TPSA) is 29.1 Å². The average Bonchev–Trinajstić information content (AvgIpc) is 2.73. The molecule has 0 radical (unpaired) electrons. The van der Waals surface area contributed by atoms with Crippen LogP contribution in [0.5, 0.6) is 0 Å². The van der Waals surface area contributed by atoms with Crippen LogP contribution in [-0.4, -0.2) is 19.4 Å². The molecular formula is C14H17NOS. The number of hydrogen-bond acceptors (Lipinski definition) is 3. The average molecular weight is 247 g/mol. The van der Waals surface area contributed by atoms with Crippen molar-refractivity contribution in [3.05, 3.63) is 35.2 Å². The third-order valence-electron chi connectivity index (χ3n) is 2.99. The van der Waals surface area contributed by atoms with Crippen molar-refractivity contribution in [3.63, 3.8) is 0 Å². The first-order valence-corrected chi connectivity index (χ1v) is 6.72. The Morgan fingerprint density at radius 3 is 2.94 bits per heavy atom. The largest absolute Gasteiger partial charge is 0.319 e. The van der Waals surface area contributed by atoms with Crippen LogP contribution < -0.4 is 5.32 Å². The molecule has 1 heterocycles. The Bertz CT molecular complexity index is 518. The highest BCUT2D eigenvalue weighted by Crippen LogP contribution is 2.26. The summed E-state index contributed by atoms with van der Waals surface area (Å²) in [7, 11) is 1.88. The summed E-state index contributed by atoms with van der Waals surface area (Å²) in [5, 5.41) is 6.38. The molecule has 0 aliphatic rings. The highest BCUT2D eigenvalue weighted by atomic mass is 32.1. The summed E-state index contributed by atoms with van der Waals surface area (Å²) in [6.45, 7) is 2.73. The molecule has 0 aliphatic carbocycles. The number of thiophene rings is 1. The molecule has 0 amide bonds. The van der Waals surface area contributed by atoms with Crippen LogP contribution in [-0.2, 0) is 11.2 Å². The van der Waals surface area contributed by atoms with Crippen molar-refractivity contribution in [1.82, 2.24) is 5.32 Å². The third-order valence-corrected chi connectivity index (χ3v) is 4.00. The molecule has 0 saturated heterocycles. The van der Waals surface area contributed by atoms with E-state index >= 15 is 0 Å². The summed E-state index contributed by atoms with van der Waals surface area (Å²) in [5.74, 6) is 0.390. The minimum absolute atomic E-state index is 0.0821. The van der Waals surface area contributed by atoms with Gasteiger partial charge in [0, 0.05) is 23.6 Å². The van der Waals surface area contributed by atoms with Crippen molar-refractivity contribution in [2.75, 3.05) is 13.6 Å². The van der Waals surface area contributed by atoms with Crippen molar-refractivity contribution >= 4 is 27.2 Å². The lowest BCUT2D eigenvalue weighted by atomic mass is 9.99. The third kappa shape index (κ3) is 2.73. The van der Waals surface area contributed by atoms with Crippen LogP contribution in [0.4, 0.5) is 0 Å². The van der Waals surface area contributed by atoms with E-state index in [9.17, 15) is 4.79 Å². The van der Waals surface area contributed by atoms with E-state index in [1.807, 2.05) is 26.1 Å². The second kappa shape index (κ2) is 5.43. The number of carbonyl (C=O) groups is 1. The Morgan fingerprint density at radius 2 is 2.18 bits per heavy atom. The van der Waals surface area contributed by atoms with Crippen LogP contribution in [0.3, 0.4) is 0 Å². The fourth-order valence-electron chi connectivity index (χ4n) is 1.95. The first-order chi connectivity index (χ1) is 8.22. The van der Waals surface area contributed by atoms with Gasteiger partial charge in [-0.1, -0.05) is 25.1 Å². The molecule has 1 unspecified atom stereocenters. The Morgan fingerprint density at radius 1 is 1.41 bits per heavy atom. The van der Waals surface area contributed by atoms with Crippen LogP contribution >= 0.6 is 11.3 Å². The zero-order valence-electron chi connectivity index (χ0n) is 10.2. The minimum Gasteiger partial charge on any atom is -0.319 e. The van der Waals surface area contributed by atoms with E-state index in [0.29, 0.717) is 12.2 Å². The maximum atomic E-state index is 12.0. The van der Waals surface area contributed by atoms with Crippen molar-refractivity contribution in [1.29, 1.82) is 0 Å². The summed E-state index contributed by atoms with van der Waals surface area (Å²) in [4.78, 5) is 12.0. The molecule has 2 aromatic rings. The zero-order valence-corrected chi connectivity index (χ0v) is 11.0. The molecule has 0 bridgehead atoms. The zero-order chi connectivity index (χ0) is 12.3. The van der Waals surface area contributed by atoms with Crippen LogP contribution in [0.25, 0.3) is 10.1 Å². The van der Waals surface area contributed by atoms with Gasteiger partial charge in [-0.05, 0) is 29.4 Å². The molecule has 2 rings (SSSR count). The Hall–Kier alpha value is -1.19. The predicted molar refractivity (Wildman–Crippen MR) is 73.6 cm³/mol. The number of Topliss-reactive ketones (excluding diaryl/α,β-unsaturated/α-hetero) is 1. The standard InChI is InChI=1S/C14H17NOS/c1-10(8-15-2)13(16)7-11-9-17-14-6-4-3-5-12(11)14/h3-6,9-10,15H,7-8H2,1-2H3. The van der Waals surface area contributed by atoms with Gasteiger partial charge in [-0.15, -0.1) is 11.3 Å². The molecule has 1 aromatic heterocycles. The summed E-state index contributed by atoms with van der Waals surface area (Å²) < 4.78 is 1.26. The second-order valence-corrected chi connectivity index (χ2v) is 5.27. The van der Waals surface area contributed by atoms with E-state index in [1.165, 1.54) is 15.6 Å². The van der Waals surface area contributed by atoms with Gasteiger partial charge in [-0.2, -0.15) is 0 Å². The van der Waals surface area contributed by atoms with Gasteiger partial charge in [0.25, 0.3) is 0 Å². The molecule has 1 N–H and O–H groups in total. The van der Waals surface area contributed by atoms with Crippen LogP contribution in [0, 0.1) is 5.92 Å². The Balaban J connectivity index is 2.16. The first kappa shape index (κ1) is 12.3. The molecule has 17 heavy (non-hydrogen) atoms. The molecule has 0 fully saturated rings. The van der Waals surface area contributed by atoms with E-state index in [0.717, 1.165) is 6.54 Å². The minimum atomic E-state index is 0.0821. The fourth-order valence-corrected chi connectivity index (χ4v) is 2.91. The summed E-state index contributed by atoms with van der Waals surface area (Å²) in [6.07, 6.45) is 0.548.